The molecule has 3 rings (SSSR count). The van der Waals surface area contributed by atoms with Crippen molar-refractivity contribution in [2.24, 2.45) is 0 Å². The quantitative estimate of drug-likeness (QED) is 0.872. The third-order valence-electron chi connectivity index (χ3n) is 3.15. The molecule has 0 aliphatic carbocycles. The van der Waals surface area contributed by atoms with Gasteiger partial charge < -0.3 is 14.6 Å². The fourth-order valence-corrected chi connectivity index (χ4v) is 2.92. The van der Waals surface area contributed by atoms with Gasteiger partial charge in [0.25, 0.3) is 0 Å². The number of nitrogens with one attached hydrogen (secondary N) is 1. The predicted octanol–water partition coefficient (Wildman–Crippen LogP) is 2.33. The lowest BCUT2D eigenvalue weighted by Crippen LogP contribution is -2.34. The Bertz CT molecular complexity index is 567. The van der Waals surface area contributed by atoms with Crippen LogP contribution in [0.25, 0.3) is 0 Å². The number of aromatic nitrogens is 2. The summed E-state index contributed by atoms with van der Waals surface area (Å²) in [6, 6.07) is 8.32. The van der Waals surface area contributed by atoms with Crippen LogP contribution in [0.3, 0.4) is 0 Å². The molecule has 1 N–H and O–H groups in total. The number of ether oxygens (including phenoxy) is 1. The molecule has 0 amide bonds. The number of hydrogen-bond donors (Lipinski definition) is 1. The van der Waals surface area contributed by atoms with Gasteiger partial charge in [-0.25, -0.2) is 0 Å². The van der Waals surface area contributed by atoms with Crippen LogP contribution in [-0.2, 0) is 10.5 Å². The van der Waals surface area contributed by atoms with Crippen molar-refractivity contribution in [3.8, 4) is 0 Å². The van der Waals surface area contributed by atoms with E-state index in [1.54, 1.807) is 11.8 Å². The monoisotopic (exact) mass is 291 g/mol. The normalized spacial score (nSPS) is 19.1. The summed E-state index contributed by atoms with van der Waals surface area (Å²) >= 11 is 1.72. The summed E-state index contributed by atoms with van der Waals surface area (Å²) in [5, 5.41) is 7.34. The zero-order valence-corrected chi connectivity index (χ0v) is 12.2. The highest BCUT2D eigenvalue weighted by Gasteiger charge is 2.21. The van der Waals surface area contributed by atoms with Gasteiger partial charge in [-0.05, 0) is 18.6 Å². The number of thioether (sulfide) groups is 1. The lowest BCUT2D eigenvalue weighted by atomic mass is 10.2. The van der Waals surface area contributed by atoms with Crippen LogP contribution in [-0.4, -0.2) is 29.9 Å². The van der Waals surface area contributed by atoms with E-state index in [0.717, 1.165) is 19.0 Å². The summed E-state index contributed by atoms with van der Waals surface area (Å²) in [5.74, 6) is 2.05. The molecule has 1 aromatic carbocycles. The van der Waals surface area contributed by atoms with Crippen LogP contribution in [0.5, 0.6) is 0 Å². The molecule has 106 valence electrons. The first-order valence-corrected chi connectivity index (χ1v) is 7.63. The van der Waals surface area contributed by atoms with E-state index in [1.807, 2.05) is 12.1 Å². The molecule has 1 aromatic heterocycles. The van der Waals surface area contributed by atoms with Gasteiger partial charge in [-0.15, -0.1) is 11.8 Å². The molecule has 0 radical (unpaired) electrons. The maximum Gasteiger partial charge on any atom is 0.246 e. The Morgan fingerprint density at radius 1 is 1.40 bits per heavy atom. The van der Waals surface area contributed by atoms with Gasteiger partial charge >= 0.3 is 0 Å². The van der Waals surface area contributed by atoms with Crippen molar-refractivity contribution in [3.63, 3.8) is 0 Å². The van der Waals surface area contributed by atoms with E-state index in [0.29, 0.717) is 18.3 Å². The summed E-state index contributed by atoms with van der Waals surface area (Å²) in [5.41, 5.74) is 1.27. The van der Waals surface area contributed by atoms with Crippen LogP contribution in [0.1, 0.15) is 23.3 Å². The minimum absolute atomic E-state index is 0.0217. The van der Waals surface area contributed by atoms with Crippen molar-refractivity contribution in [3.05, 3.63) is 41.5 Å². The summed E-state index contributed by atoms with van der Waals surface area (Å²) in [6.45, 7) is 4.25. The van der Waals surface area contributed by atoms with Crippen LogP contribution in [0.2, 0.25) is 0 Å². The highest BCUT2D eigenvalue weighted by molar-refractivity contribution is 7.98. The summed E-state index contributed by atoms with van der Waals surface area (Å²) in [6.07, 6.45) is 0. The predicted molar refractivity (Wildman–Crippen MR) is 76.6 cm³/mol. The molecule has 1 saturated heterocycles. The second-order valence-corrected chi connectivity index (χ2v) is 5.70. The number of nitrogens with zero attached hydrogens (tertiary/aromatic N) is 2. The summed E-state index contributed by atoms with van der Waals surface area (Å²) in [7, 11) is 0. The molecule has 1 unspecified atom stereocenters. The molecular weight excluding hydrogens is 274 g/mol. The third-order valence-corrected chi connectivity index (χ3v) is 4.33. The Balaban J connectivity index is 1.61. The van der Waals surface area contributed by atoms with E-state index in [9.17, 15) is 0 Å². The molecule has 1 atom stereocenters. The Kier molecular flexibility index (Phi) is 4.34. The largest absolute Gasteiger partial charge is 0.378 e. The minimum atomic E-state index is 0.0217. The highest BCUT2D eigenvalue weighted by atomic mass is 32.2. The van der Waals surface area contributed by atoms with Crippen molar-refractivity contribution < 1.29 is 9.26 Å². The first kappa shape index (κ1) is 13.6. The number of hydrogen-bond acceptors (Lipinski definition) is 6. The van der Waals surface area contributed by atoms with Gasteiger partial charge in [0.05, 0.1) is 19.0 Å². The van der Waals surface area contributed by atoms with Gasteiger partial charge in [0, 0.05) is 11.4 Å². The second-order valence-electron chi connectivity index (χ2n) is 4.68. The Morgan fingerprint density at radius 2 is 2.30 bits per heavy atom. The first-order chi connectivity index (χ1) is 9.83. The number of morpholine rings is 1. The van der Waals surface area contributed by atoms with Crippen molar-refractivity contribution in [1.29, 1.82) is 0 Å². The van der Waals surface area contributed by atoms with E-state index < -0.39 is 0 Å². The Hall–Kier alpha value is -1.37. The molecule has 0 saturated carbocycles. The molecule has 0 bridgehead atoms. The van der Waals surface area contributed by atoms with Crippen molar-refractivity contribution in [2.75, 3.05) is 19.8 Å². The summed E-state index contributed by atoms with van der Waals surface area (Å²) in [4.78, 5) is 5.69. The van der Waals surface area contributed by atoms with Gasteiger partial charge in [0.1, 0.15) is 6.04 Å². The highest BCUT2D eigenvalue weighted by Crippen LogP contribution is 2.25. The number of benzene rings is 1. The molecule has 2 heterocycles. The molecule has 20 heavy (non-hydrogen) atoms. The molecule has 1 aliphatic rings. The SMILES string of the molecule is Cc1ccccc1SCc1noc(C2COCCN2)n1. The Labute approximate surface area is 122 Å². The van der Waals surface area contributed by atoms with Gasteiger partial charge in [0.15, 0.2) is 5.82 Å². The average Bonchev–Trinajstić information content (AvgIpc) is 2.96. The first-order valence-electron chi connectivity index (χ1n) is 6.65. The van der Waals surface area contributed by atoms with Gasteiger partial charge in [-0.2, -0.15) is 4.98 Å². The van der Waals surface area contributed by atoms with E-state index in [-0.39, 0.29) is 6.04 Å². The van der Waals surface area contributed by atoms with E-state index >= 15 is 0 Å². The number of aryl methyl sites for hydroxylation is 1. The van der Waals surface area contributed by atoms with Crippen LogP contribution in [0.15, 0.2) is 33.7 Å². The molecule has 5 nitrogen and oxygen atoms in total. The maximum atomic E-state index is 5.40. The molecule has 2 aromatic rings. The molecule has 1 fully saturated rings. The van der Waals surface area contributed by atoms with Gasteiger partial charge in [-0.1, -0.05) is 23.4 Å². The molecule has 0 spiro atoms. The van der Waals surface area contributed by atoms with Crippen molar-refractivity contribution in [1.82, 2.24) is 15.5 Å². The molecule has 6 heteroatoms. The topological polar surface area (TPSA) is 60.2 Å². The van der Waals surface area contributed by atoms with Crippen LogP contribution < -0.4 is 5.32 Å². The zero-order valence-electron chi connectivity index (χ0n) is 11.3. The molecule has 1 aliphatic heterocycles. The summed E-state index contributed by atoms with van der Waals surface area (Å²) < 4.78 is 10.7. The average molecular weight is 291 g/mol. The van der Waals surface area contributed by atoms with E-state index in [4.69, 9.17) is 9.26 Å². The smallest absolute Gasteiger partial charge is 0.246 e. The fourth-order valence-electron chi connectivity index (χ4n) is 2.05. The maximum absolute atomic E-state index is 5.40. The molecular formula is C14H17N3O2S. The van der Waals surface area contributed by atoms with Gasteiger partial charge in [-0.3, -0.25) is 0 Å². The second kappa shape index (κ2) is 6.39. The van der Waals surface area contributed by atoms with Crippen LogP contribution in [0.4, 0.5) is 0 Å². The van der Waals surface area contributed by atoms with Crippen molar-refractivity contribution in [2.45, 2.75) is 23.6 Å². The Morgan fingerprint density at radius 3 is 3.10 bits per heavy atom. The lowest BCUT2D eigenvalue weighted by Gasteiger charge is -2.20. The lowest BCUT2D eigenvalue weighted by molar-refractivity contribution is 0.0659. The van der Waals surface area contributed by atoms with Crippen LogP contribution in [0, 0.1) is 6.92 Å². The zero-order chi connectivity index (χ0) is 13.8. The number of rotatable bonds is 4. The standard InChI is InChI=1S/C14H17N3O2S/c1-10-4-2-3-5-12(10)20-9-13-16-14(19-17-13)11-8-18-7-6-15-11/h2-5,11,15H,6-9H2,1H3. The fraction of sp³-hybridized carbons (Fsp3) is 0.429. The van der Waals surface area contributed by atoms with Crippen LogP contribution >= 0.6 is 11.8 Å². The minimum Gasteiger partial charge on any atom is -0.378 e. The third kappa shape index (κ3) is 3.20. The van der Waals surface area contributed by atoms with E-state index in [1.165, 1.54) is 10.5 Å². The van der Waals surface area contributed by atoms with E-state index in [2.05, 4.69) is 34.5 Å². The van der Waals surface area contributed by atoms with Gasteiger partial charge in [0.2, 0.25) is 5.89 Å². The van der Waals surface area contributed by atoms with Crippen molar-refractivity contribution >= 4 is 11.8 Å².